The molecule has 1 aliphatic carbocycles. The van der Waals surface area contributed by atoms with Gasteiger partial charge in [0.1, 0.15) is 0 Å². The lowest BCUT2D eigenvalue weighted by molar-refractivity contribution is -0.384. The molecule has 1 aromatic carbocycles. The smallest absolute Gasteiger partial charge is 0.270 e. The summed E-state index contributed by atoms with van der Waals surface area (Å²) in [4.78, 5) is 29.8. The van der Waals surface area contributed by atoms with E-state index in [4.69, 9.17) is 0 Å². The Morgan fingerprint density at radius 2 is 2.06 bits per heavy atom. The molecule has 1 aliphatic heterocycles. The molecule has 0 unspecified atom stereocenters. The maximum Gasteiger partial charge on any atom is 0.270 e. The number of anilines is 2. The van der Waals surface area contributed by atoms with E-state index >= 15 is 0 Å². The largest absolute Gasteiger partial charge is 0.341 e. The van der Waals surface area contributed by atoms with E-state index in [2.05, 4.69) is 30.0 Å². The van der Waals surface area contributed by atoms with Gasteiger partial charge in [-0.15, -0.1) is 21.5 Å². The van der Waals surface area contributed by atoms with Crippen LogP contribution < -0.4 is 10.2 Å². The normalized spacial score (nSPS) is 16.1. The van der Waals surface area contributed by atoms with Crippen molar-refractivity contribution in [1.82, 2.24) is 19.7 Å². The summed E-state index contributed by atoms with van der Waals surface area (Å²) < 4.78 is 2.20. The molecular formula is C21H23N7O3S2. The van der Waals surface area contributed by atoms with Crippen LogP contribution in [-0.2, 0) is 4.79 Å². The summed E-state index contributed by atoms with van der Waals surface area (Å²) in [5.74, 6) is 0.961. The molecule has 0 bridgehead atoms. The lowest BCUT2D eigenvalue weighted by atomic mass is 10.1. The van der Waals surface area contributed by atoms with Crippen molar-refractivity contribution >= 4 is 45.8 Å². The molecule has 1 saturated carbocycles. The van der Waals surface area contributed by atoms with Gasteiger partial charge in [-0.05, 0) is 32.1 Å². The number of carbonyl (C=O) groups excluding carboxylic acids is 1. The summed E-state index contributed by atoms with van der Waals surface area (Å²) in [6, 6.07) is 6.72. The lowest BCUT2D eigenvalue weighted by Gasteiger charge is -2.27. The summed E-state index contributed by atoms with van der Waals surface area (Å²) in [6.45, 7) is 2.01. The molecule has 12 heteroatoms. The molecule has 5 rings (SSSR count). The number of thioether (sulfide) groups is 1. The van der Waals surface area contributed by atoms with Crippen molar-refractivity contribution in [1.29, 1.82) is 0 Å². The van der Waals surface area contributed by atoms with E-state index < -0.39 is 4.92 Å². The number of benzene rings is 1. The number of carbonyl (C=O) groups is 1. The minimum atomic E-state index is -0.438. The van der Waals surface area contributed by atoms with E-state index in [0.717, 1.165) is 37.0 Å². The van der Waals surface area contributed by atoms with Gasteiger partial charge in [-0.25, -0.2) is 4.98 Å². The third kappa shape index (κ3) is 5.01. The Hall–Kier alpha value is -2.99. The van der Waals surface area contributed by atoms with Gasteiger partial charge < -0.3 is 10.2 Å². The van der Waals surface area contributed by atoms with Crippen LogP contribution in [0.4, 0.5) is 16.8 Å². The first-order valence-electron chi connectivity index (χ1n) is 10.9. The second kappa shape index (κ2) is 9.48. The molecule has 1 N–H and O–H groups in total. The number of thiazole rings is 1. The van der Waals surface area contributed by atoms with Gasteiger partial charge in [-0.2, -0.15) is 0 Å². The Balaban J connectivity index is 1.22. The minimum Gasteiger partial charge on any atom is -0.341 e. The first kappa shape index (κ1) is 21.8. The van der Waals surface area contributed by atoms with Crippen LogP contribution in [0.25, 0.3) is 11.3 Å². The van der Waals surface area contributed by atoms with Gasteiger partial charge >= 0.3 is 0 Å². The van der Waals surface area contributed by atoms with Crippen LogP contribution in [0.15, 0.2) is 34.8 Å². The van der Waals surface area contributed by atoms with Crippen LogP contribution in [-0.4, -0.2) is 49.4 Å². The van der Waals surface area contributed by atoms with Crippen LogP contribution in [0.2, 0.25) is 0 Å². The van der Waals surface area contributed by atoms with E-state index in [0.29, 0.717) is 22.4 Å². The first-order valence-corrected chi connectivity index (χ1v) is 12.8. The van der Waals surface area contributed by atoms with E-state index in [9.17, 15) is 14.9 Å². The molecule has 3 aromatic rings. The molecular weight excluding hydrogens is 462 g/mol. The average molecular weight is 486 g/mol. The molecule has 172 valence electrons. The molecule has 10 nitrogen and oxygen atoms in total. The quantitative estimate of drug-likeness (QED) is 0.284. The van der Waals surface area contributed by atoms with Gasteiger partial charge in [0.2, 0.25) is 11.9 Å². The second-order valence-electron chi connectivity index (χ2n) is 8.11. The summed E-state index contributed by atoms with van der Waals surface area (Å²) in [5, 5.41) is 25.7. The highest BCUT2D eigenvalue weighted by molar-refractivity contribution is 7.99. The van der Waals surface area contributed by atoms with E-state index in [-0.39, 0.29) is 17.3 Å². The van der Waals surface area contributed by atoms with Crippen molar-refractivity contribution < 1.29 is 9.72 Å². The Bertz CT molecular complexity index is 1170. The van der Waals surface area contributed by atoms with E-state index in [1.165, 1.54) is 54.5 Å². The molecule has 1 amide bonds. The SMILES string of the molecule is O=C(CSc1nnc(N2CCCCC2)n1C1CC1)Nc1nc(-c2cccc([N+](=O)[O-])c2)cs1. The zero-order valence-corrected chi connectivity index (χ0v) is 19.5. The standard InChI is InChI=1S/C21H23N7O3S2/c29-18(23-19-22-17(12-32-19)14-5-4-6-16(11-14)28(30)31)13-33-21-25-24-20(27(21)15-7-8-15)26-9-2-1-3-10-26/h4-6,11-12,15H,1-3,7-10,13H2,(H,22,23,29). The fraction of sp³-hybridized carbons (Fsp3) is 0.429. The van der Waals surface area contributed by atoms with Crippen molar-refractivity contribution in [2.24, 2.45) is 0 Å². The molecule has 1 saturated heterocycles. The molecule has 2 fully saturated rings. The molecule has 0 spiro atoms. The lowest BCUT2D eigenvalue weighted by Crippen LogP contribution is -2.32. The van der Waals surface area contributed by atoms with Crippen LogP contribution in [0, 0.1) is 10.1 Å². The van der Waals surface area contributed by atoms with Crippen molar-refractivity contribution in [3.8, 4) is 11.3 Å². The number of nitrogens with zero attached hydrogens (tertiary/aromatic N) is 6. The van der Waals surface area contributed by atoms with E-state index in [1.54, 1.807) is 17.5 Å². The maximum atomic E-state index is 12.6. The zero-order chi connectivity index (χ0) is 22.8. The Morgan fingerprint density at radius 3 is 2.82 bits per heavy atom. The van der Waals surface area contributed by atoms with Gasteiger partial charge in [0.05, 0.1) is 16.4 Å². The van der Waals surface area contributed by atoms with Crippen LogP contribution in [0.1, 0.15) is 38.1 Å². The third-order valence-corrected chi connectivity index (χ3v) is 7.33. The van der Waals surface area contributed by atoms with Crippen molar-refractivity contribution in [2.75, 3.05) is 29.1 Å². The molecule has 0 radical (unpaired) electrons. The highest BCUT2D eigenvalue weighted by Crippen LogP contribution is 2.41. The Morgan fingerprint density at radius 1 is 1.24 bits per heavy atom. The third-order valence-electron chi connectivity index (χ3n) is 5.63. The summed E-state index contributed by atoms with van der Waals surface area (Å²) in [5.41, 5.74) is 1.23. The predicted molar refractivity (Wildman–Crippen MR) is 128 cm³/mol. The number of nitro groups is 1. The number of aromatic nitrogens is 4. The van der Waals surface area contributed by atoms with Gasteiger partial charge in [-0.3, -0.25) is 19.5 Å². The number of rotatable bonds is 8. The number of amides is 1. The maximum absolute atomic E-state index is 12.6. The molecule has 33 heavy (non-hydrogen) atoms. The van der Waals surface area contributed by atoms with Crippen LogP contribution >= 0.6 is 23.1 Å². The number of nitrogens with one attached hydrogen (secondary N) is 1. The van der Waals surface area contributed by atoms with Gasteiger partial charge in [0.25, 0.3) is 5.69 Å². The van der Waals surface area contributed by atoms with Gasteiger partial charge in [-0.1, -0.05) is 23.9 Å². The molecule has 3 heterocycles. The van der Waals surface area contributed by atoms with Gasteiger partial charge in [0, 0.05) is 42.2 Å². The average Bonchev–Trinajstić information content (AvgIpc) is 3.41. The molecule has 2 aromatic heterocycles. The van der Waals surface area contributed by atoms with Crippen molar-refractivity contribution in [2.45, 2.75) is 43.3 Å². The first-order chi connectivity index (χ1) is 16.1. The van der Waals surface area contributed by atoms with E-state index in [1.807, 2.05) is 0 Å². The fourth-order valence-electron chi connectivity index (χ4n) is 3.86. The fourth-order valence-corrected chi connectivity index (χ4v) is 5.39. The van der Waals surface area contributed by atoms with Crippen LogP contribution in [0.3, 0.4) is 0 Å². The summed E-state index contributed by atoms with van der Waals surface area (Å²) >= 11 is 2.68. The zero-order valence-electron chi connectivity index (χ0n) is 17.8. The monoisotopic (exact) mass is 485 g/mol. The van der Waals surface area contributed by atoms with Crippen molar-refractivity contribution in [3.05, 3.63) is 39.8 Å². The second-order valence-corrected chi connectivity index (χ2v) is 9.91. The highest BCUT2D eigenvalue weighted by Gasteiger charge is 2.32. The number of piperidine rings is 1. The minimum absolute atomic E-state index is 0.00572. The summed E-state index contributed by atoms with van der Waals surface area (Å²) in [6.07, 6.45) is 5.86. The Labute approximate surface area is 198 Å². The highest BCUT2D eigenvalue weighted by atomic mass is 32.2. The van der Waals surface area contributed by atoms with Gasteiger partial charge in [0.15, 0.2) is 10.3 Å². The topological polar surface area (TPSA) is 119 Å². The Kier molecular flexibility index (Phi) is 6.27. The number of hydrogen-bond donors (Lipinski definition) is 1. The van der Waals surface area contributed by atoms with Crippen molar-refractivity contribution in [3.63, 3.8) is 0 Å². The number of hydrogen-bond acceptors (Lipinski definition) is 9. The molecule has 0 atom stereocenters. The summed E-state index contributed by atoms with van der Waals surface area (Å²) in [7, 11) is 0. The predicted octanol–water partition coefficient (Wildman–Crippen LogP) is 4.37. The number of nitro benzene ring substituents is 1. The molecule has 2 aliphatic rings. The van der Waals surface area contributed by atoms with Crippen LogP contribution in [0.5, 0.6) is 0 Å². The number of non-ortho nitro benzene ring substituents is 1.